The van der Waals surface area contributed by atoms with Crippen molar-refractivity contribution in [3.8, 4) is 5.75 Å². The highest BCUT2D eigenvalue weighted by Gasteiger charge is 2.00. The van der Waals surface area contributed by atoms with E-state index in [9.17, 15) is 0 Å². The van der Waals surface area contributed by atoms with E-state index < -0.39 is 0 Å². The summed E-state index contributed by atoms with van der Waals surface area (Å²) in [5.41, 5.74) is 7.41. The van der Waals surface area contributed by atoms with Crippen LogP contribution in [-0.4, -0.2) is 18.2 Å². The number of thioether (sulfide) groups is 1. The molecule has 3 nitrogen and oxygen atoms in total. The number of nitrogens with two attached hydrogens (primary N) is 1. The van der Waals surface area contributed by atoms with Gasteiger partial charge in [-0.2, -0.15) is 0 Å². The molecule has 0 bridgehead atoms. The van der Waals surface area contributed by atoms with E-state index in [0.717, 1.165) is 11.5 Å². The van der Waals surface area contributed by atoms with Gasteiger partial charge in [-0.1, -0.05) is 18.2 Å². The van der Waals surface area contributed by atoms with Gasteiger partial charge in [0.2, 0.25) is 0 Å². The van der Waals surface area contributed by atoms with Crippen LogP contribution < -0.4 is 10.5 Å². The van der Waals surface area contributed by atoms with Crippen molar-refractivity contribution in [1.29, 1.82) is 5.41 Å². The molecule has 0 aromatic heterocycles. The standard InChI is InChI=1S/C16H18N2OS/c1-12-4-2-3-5-15(12)20-11-10-19-14-8-6-13(7-9-14)16(17)18/h2-9H,10-11H2,1H3,(H3,17,18). The van der Waals surface area contributed by atoms with Crippen molar-refractivity contribution in [2.75, 3.05) is 12.4 Å². The lowest BCUT2D eigenvalue weighted by molar-refractivity contribution is 0.344. The molecule has 0 amide bonds. The van der Waals surface area contributed by atoms with Crippen LogP contribution in [0, 0.1) is 12.3 Å². The Hall–Kier alpha value is -1.94. The fourth-order valence-electron chi connectivity index (χ4n) is 1.76. The van der Waals surface area contributed by atoms with Crippen molar-refractivity contribution < 1.29 is 4.74 Å². The summed E-state index contributed by atoms with van der Waals surface area (Å²) in [5, 5.41) is 7.32. The monoisotopic (exact) mass is 286 g/mol. The van der Waals surface area contributed by atoms with Crippen molar-refractivity contribution in [3.63, 3.8) is 0 Å². The molecule has 0 aliphatic heterocycles. The molecule has 0 aliphatic rings. The van der Waals surface area contributed by atoms with E-state index in [1.54, 1.807) is 23.9 Å². The second kappa shape index (κ2) is 7.01. The van der Waals surface area contributed by atoms with Crippen LogP contribution in [-0.2, 0) is 0 Å². The third-order valence-electron chi connectivity index (χ3n) is 2.87. The molecule has 4 heteroatoms. The average molecular weight is 286 g/mol. The van der Waals surface area contributed by atoms with Crippen LogP contribution in [0.5, 0.6) is 5.75 Å². The van der Waals surface area contributed by atoms with Crippen LogP contribution in [0.1, 0.15) is 11.1 Å². The number of hydrogen-bond acceptors (Lipinski definition) is 3. The molecule has 0 radical (unpaired) electrons. The summed E-state index contributed by atoms with van der Waals surface area (Å²) in [5.74, 6) is 1.78. The average Bonchev–Trinajstić information content (AvgIpc) is 2.46. The molecule has 0 unspecified atom stereocenters. The van der Waals surface area contributed by atoms with E-state index in [-0.39, 0.29) is 5.84 Å². The predicted octanol–water partition coefficient (Wildman–Crippen LogP) is 3.45. The summed E-state index contributed by atoms with van der Waals surface area (Å²) in [6.45, 7) is 2.77. The molecule has 2 aromatic carbocycles. The van der Waals surface area contributed by atoms with Gasteiger partial charge in [-0.25, -0.2) is 0 Å². The lowest BCUT2D eigenvalue weighted by Crippen LogP contribution is -2.10. The fraction of sp³-hybridized carbons (Fsp3) is 0.188. The van der Waals surface area contributed by atoms with Crippen molar-refractivity contribution in [3.05, 3.63) is 59.7 Å². The molecule has 0 aliphatic carbocycles. The maximum Gasteiger partial charge on any atom is 0.122 e. The lowest BCUT2D eigenvalue weighted by Gasteiger charge is -2.08. The zero-order chi connectivity index (χ0) is 14.4. The van der Waals surface area contributed by atoms with Gasteiger partial charge in [-0.15, -0.1) is 11.8 Å². The number of nitrogens with one attached hydrogen (secondary N) is 1. The van der Waals surface area contributed by atoms with E-state index in [2.05, 4.69) is 25.1 Å². The summed E-state index contributed by atoms with van der Waals surface area (Å²) >= 11 is 1.80. The van der Waals surface area contributed by atoms with Crippen LogP contribution in [0.3, 0.4) is 0 Å². The number of amidine groups is 1. The number of hydrogen-bond donors (Lipinski definition) is 2. The molecular formula is C16H18N2OS. The van der Waals surface area contributed by atoms with Gasteiger partial charge in [0, 0.05) is 16.2 Å². The fourth-order valence-corrected chi connectivity index (χ4v) is 2.62. The Balaban J connectivity index is 1.79. The SMILES string of the molecule is Cc1ccccc1SCCOc1ccc(C(=N)N)cc1. The van der Waals surface area contributed by atoms with Crippen LogP contribution >= 0.6 is 11.8 Å². The highest BCUT2D eigenvalue weighted by Crippen LogP contribution is 2.21. The Morgan fingerprint density at radius 2 is 1.85 bits per heavy atom. The number of benzene rings is 2. The molecule has 0 heterocycles. The first-order valence-electron chi connectivity index (χ1n) is 6.42. The number of rotatable bonds is 6. The van der Waals surface area contributed by atoms with Gasteiger partial charge in [-0.3, -0.25) is 5.41 Å². The summed E-state index contributed by atoms with van der Waals surface area (Å²) < 4.78 is 5.67. The second-order valence-corrected chi connectivity index (χ2v) is 5.54. The minimum atomic E-state index is 0.0756. The van der Waals surface area contributed by atoms with E-state index in [1.807, 2.05) is 18.2 Å². The maximum atomic E-state index is 7.32. The van der Waals surface area contributed by atoms with Gasteiger partial charge >= 0.3 is 0 Å². The number of aryl methyl sites for hydroxylation is 1. The quantitative estimate of drug-likeness (QED) is 0.370. The minimum Gasteiger partial charge on any atom is -0.493 e. The smallest absolute Gasteiger partial charge is 0.122 e. The molecule has 0 spiro atoms. The molecular weight excluding hydrogens is 268 g/mol. The lowest BCUT2D eigenvalue weighted by atomic mass is 10.2. The number of ether oxygens (including phenoxy) is 1. The van der Waals surface area contributed by atoms with E-state index in [1.165, 1.54) is 10.5 Å². The normalized spacial score (nSPS) is 10.2. The molecule has 0 saturated carbocycles. The van der Waals surface area contributed by atoms with E-state index >= 15 is 0 Å². The molecule has 0 saturated heterocycles. The Kier molecular flexibility index (Phi) is 5.07. The molecule has 104 valence electrons. The topological polar surface area (TPSA) is 59.1 Å². The van der Waals surface area contributed by atoms with Gasteiger partial charge in [0.05, 0.1) is 6.61 Å². The van der Waals surface area contributed by atoms with Crippen LogP contribution in [0.4, 0.5) is 0 Å². The Bertz CT molecular complexity index is 581. The Labute approximate surface area is 123 Å². The molecule has 3 N–H and O–H groups in total. The van der Waals surface area contributed by atoms with E-state index in [0.29, 0.717) is 12.2 Å². The van der Waals surface area contributed by atoms with E-state index in [4.69, 9.17) is 15.9 Å². The molecule has 0 fully saturated rings. The van der Waals surface area contributed by atoms with Crippen LogP contribution in [0.2, 0.25) is 0 Å². The highest BCUT2D eigenvalue weighted by atomic mass is 32.2. The summed E-state index contributed by atoms with van der Waals surface area (Å²) in [7, 11) is 0. The first-order chi connectivity index (χ1) is 9.66. The van der Waals surface area contributed by atoms with Gasteiger partial charge in [-0.05, 0) is 42.8 Å². The molecule has 2 rings (SSSR count). The first-order valence-corrected chi connectivity index (χ1v) is 7.41. The summed E-state index contributed by atoms with van der Waals surface area (Å²) in [4.78, 5) is 1.29. The molecule has 2 aromatic rings. The largest absolute Gasteiger partial charge is 0.493 e. The van der Waals surface area contributed by atoms with Crippen molar-refractivity contribution >= 4 is 17.6 Å². The van der Waals surface area contributed by atoms with Crippen LogP contribution in [0.15, 0.2) is 53.4 Å². The van der Waals surface area contributed by atoms with Crippen molar-refractivity contribution in [2.24, 2.45) is 5.73 Å². The third kappa shape index (κ3) is 4.03. The second-order valence-electron chi connectivity index (χ2n) is 4.40. The van der Waals surface area contributed by atoms with Gasteiger partial charge in [0.25, 0.3) is 0 Å². The minimum absolute atomic E-state index is 0.0756. The van der Waals surface area contributed by atoms with Crippen molar-refractivity contribution in [2.45, 2.75) is 11.8 Å². The summed E-state index contributed by atoms with van der Waals surface area (Å²) in [6, 6.07) is 15.6. The Morgan fingerprint density at radius 3 is 2.50 bits per heavy atom. The molecule has 20 heavy (non-hydrogen) atoms. The first kappa shape index (κ1) is 14.5. The summed E-state index contributed by atoms with van der Waals surface area (Å²) in [6.07, 6.45) is 0. The highest BCUT2D eigenvalue weighted by molar-refractivity contribution is 7.99. The van der Waals surface area contributed by atoms with Crippen molar-refractivity contribution in [1.82, 2.24) is 0 Å². The van der Waals surface area contributed by atoms with Gasteiger partial charge in [0.15, 0.2) is 0 Å². The molecule has 0 atom stereocenters. The van der Waals surface area contributed by atoms with Crippen LogP contribution in [0.25, 0.3) is 0 Å². The van der Waals surface area contributed by atoms with Gasteiger partial charge < -0.3 is 10.5 Å². The zero-order valence-corrected chi connectivity index (χ0v) is 12.2. The number of nitrogen functional groups attached to an aromatic ring is 1. The maximum absolute atomic E-state index is 7.32. The third-order valence-corrected chi connectivity index (χ3v) is 4.01. The van der Waals surface area contributed by atoms with Gasteiger partial charge in [0.1, 0.15) is 11.6 Å². The predicted molar refractivity (Wildman–Crippen MR) is 84.9 cm³/mol. The zero-order valence-electron chi connectivity index (χ0n) is 11.4. The Morgan fingerprint density at radius 1 is 1.15 bits per heavy atom.